The van der Waals surface area contributed by atoms with Gasteiger partial charge in [-0.15, -0.1) is 0 Å². The Labute approximate surface area is 131 Å². The molecular formula is C19H34N2. The minimum atomic E-state index is 0.200. The van der Waals surface area contributed by atoms with Gasteiger partial charge in [-0.25, -0.2) is 4.98 Å². The van der Waals surface area contributed by atoms with Crippen molar-refractivity contribution in [1.82, 2.24) is 9.97 Å². The van der Waals surface area contributed by atoms with Gasteiger partial charge in [-0.05, 0) is 23.1 Å². The molecule has 0 saturated heterocycles. The van der Waals surface area contributed by atoms with E-state index in [0.29, 0.717) is 0 Å². The Balaban J connectivity index is 0.000000578. The smallest absolute Gasteiger partial charge is 0.106 e. The fourth-order valence-electron chi connectivity index (χ4n) is 1.70. The number of nitrogens with zero attached hydrogens (tertiary/aromatic N) is 1. The summed E-state index contributed by atoms with van der Waals surface area (Å²) in [4.78, 5) is 7.85. The van der Waals surface area contributed by atoms with Gasteiger partial charge in [-0.1, -0.05) is 74.3 Å². The van der Waals surface area contributed by atoms with Gasteiger partial charge in [-0.3, -0.25) is 0 Å². The molecule has 1 heterocycles. The van der Waals surface area contributed by atoms with Gasteiger partial charge in [0.1, 0.15) is 5.82 Å². The van der Waals surface area contributed by atoms with E-state index in [0.717, 1.165) is 23.3 Å². The highest BCUT2D eigenvalue weighted by atomic mass is 14.9. The molecule has 0 radical (unpaired) electrons. The van der Waals surface area contributed by atoms with Crippen molar-refractivity contribution in [2.24, 2.45) is 0 Å². The third-order valence-corrected chi connectivity index (χ3v) is 2.73. The monoisotopic (exact) mass is 290 g/mol. The van der Waals surface area contributed by atoms with E-state index in [-0.39, 0.29) is 5.41 Å². The number of benzene rings is 1. The van der Waals surface area contributed by atoms with Gasteiger partial charge in [-0.2, -0.15) is 0 Å². The number of fused-ring (bicyclic) bond motifs is 1. The highest BCUT2D eigenvalue weighted by molar-refractivity contribution is 5.76. The Hall–Kier alpha value is -1.31. The highest BCUT2D eigenvalue weighted by Crippen LogP contribution is 2.25. The lowest BCUT2D eigenvalue weighted by Gasteiger charge is -2.18. The molecule has 0 bridgehead atoms. The first-order valence-corrected chi connectivity index (χ1v) is 8.32. The molecule has 2 heteroatoms. The molecule has 0 aliphatic carbocycles. The average molecular weight is 290 g/mol. The molecule has 0 fully saturated rings. The lowest BCUT2D eigenvalue weighted by Crippen LogP contribution is -2.10. The van der Waals surface area contributed by atoms with Crippen LogP contribution in [0.4, 0.5) is 0 Å². The van der Waals surface area contributed by atoms with Gasteiger partial charge in [0.25, 0.3) is 0 Å². The average Bonchev–Trinajstić information content (AvgIpc) is 2.81. The van der Waals surface area contributed by atoms with Crippen LogP contribution in [-0.2, 0) is 11.8 Å². The Bertz CT molecular complexity index is 502. The highest BCUT2D eigenvalue weighted by Gasteiger charge is 2.14. The molecule has 2 nitrogen and oxygen atoms in total. The number of hydrogen-bond donors (Lipinski definition) is 1. The third kappa shape index (κ3) is 6.79. The molecule has 1 aromatic carbocycles. The van der Waals surface area contributed by atoms with Crippen LogP contribution in [0.2, 0.25) is 0 Å². The number of aromatic amines is 1. The van der Waals surface area contributed by atoms with Gasteiger partial charge >= 0.3 is 0 Å². The molecule has 1 N–H and O–H groups in total. The number of imidazole rings is 1. The van der Waals surface area contributed by atoms with Crippen LogP contribution in [0.5, 0.6) is 0 Å². The second-order valence-corrected chi connectivity index (χ2v) is 6.43. The maximum Gasteiger partial charge on any atom is 0.106 e. The molecule has 1 aromatic heterocycles. The summed E-state index contributed by atoms with van der Waals surface area (Å²) in [6.07, 6.45) is 3.46. The minimum Gasteiger partial charge on any atom is -0.342 e. The number of H-pyrrole nitrogens is 1. The van der Waals surface area contributed by atoms with Crippen LogP contribution in [-0.4, -0.2) is 9.97 Å². The Morgan fingerprint density at radius 2 is 1.48 bits per heavy atom. The minimum absolute atomic E-state index is 0.200. The first-order chi connectivity index (χ1) is 9.83. The quantitative estimate of drug-likeness (QED) is 0.660. The molecule has 0 aliphatic heterocycles. The lowest BCUT2D eigenvalue weighted by atomic mass is 9.87. The first-order valence-electron chi connectivity index (χ1n) is 8.32. The summed E-state index contributed by atoms with van der Waals surface area (Å²) in [6.45, 7) is 17.3. The van der Waals surface area contributed by atoms with Crippen molar-refractivity contribution in [3.05, 3.63) is 29.6 Å². The molecule has 0 amide bonds. The van der Waals surface area contributed by atoms with Gasteiger partial charge in [0.2, 0.25) is 0 Å². The molecule has 2 rings (SSSR count). The summed E-state index contributed by atoms with van der Waals surface area (Å²) in [5.41, 5.74) is 3.77. The number of nitrogens with one attached hydrogen (secondary N) is 1. The van der Waals surface area contributed by atoms with Crippen molar-refractivity contribution < 1.29 is 0 Å². The zero-order valence-electron chi connectivity index (χ0n) is 15.3. The molecule has 0 aliphatic rings. The summed E-state index contributed by atoms with van der Waals surface area (Å²) < 4.78 is 0. The molecule has 21 heavy (non-hydrogen) atoms. The molecule has 0 unspecified atom stereocenters. The number of rotatable bonds is 1. The van der Waals surface area contributed by atoms with E-state index >= 15 is 0 Å². The molecular weight excluding hydrogens is 256 g/mol. The van der Waals surface area contributed by atoms with Crippen molar-refractivity contribution in [3.63, 3.8) is 0 Å². The summed E-state index contributed by atoms with van der Waals surface area (Å²) in [7, 11) is 0. The van der Waals surface area contributed by atoms with Gasteiger partial charge < -0.3 is 4.98 Å². The fourth-order valence-corrected chi connectivity index (χ4v) is 1.70. The van der Waals surface area contributed by atoms with Crippen LogP contribution < -0.4 is 0 Å². The van der Waals surface area contributed by atoms with Crippen molar-refractivity contribution >= 4 is 11.0 Å². The molecule has 2 aromatic rings. The van der Waals surface area contributed by atoms with Crippen LogP contribution in [0.1, 0.15) is 79.6 Å². The largest absolute Gasteiger partial charge is 0.342 e. The van der Waals surface area contributed by atoms with E-state index in [9.17, 15) is 0 Å². The SMILES string of the molecule is CCC.CCC.CCc1nc2ccc(C(C)(C)C)cc2[nH]1. The van der Waals surface area contributed by atoms with Crippen molar-refractivity contribution in [1.29, 1.82) is 0 Å². The zero-order chi connectivity index (χ0) is 16.5. The number of aryl methyl sites for hydroxylation is 1. The number of aromatic nitrogens is 2. The normalized spacial score (nSPS) is 10.5. The fraction of sp³-hybridized carbons (Fsp3) is 0.632. The van der Waals surface area contributed by atoms with Crippen molar-refractivity contribution in [2.75, 3.05) is 0 Å². The topological polar surface area (TPSA) is 28.7 Å². The molecule has 0 saturated carbocycles. The van der Waals surface area contributed by atoms with E-state index in [2.05, 4.69) is 83.6 Å². The van der Waals surface area contributed by atoms with E-state index in [1.807, 2.05) is 0 Å². The van der Waals surface area contributed by atoms with E-state index in [4.69, 9.17) is 0 Å². The Morgan fingerprint density at radius 1 is 0.952 bits per heavy atom. The standard InChI is InChI=1S/C13H18N2.2C3H8/c1-5-12-14-10-7-6-9(13(2,3)4)8-11(10)15-12;2*1-3-2/h6-8H,5H2,1-4H3,(H,14,15);2*3H2,1-2H3. The summed E-state index contributed by atoms with van der Waals surface area (Å²) in [5.74, 6) is 1.07. The van der Waals surface area contributed by atoms with E-state index in [1.165, 1.54) is 18.4 Å². The van der Waals surface area contributed by atoms with Gasteiger partial charge in [0.05, 0.1) is 11.0 Å². The van der Waals surface area contributed by atoms with E-state index < -0.39 is 0 Å². The Morgan fingerprint density at radius 3 is 1.90 bits per heavy atom. The van der Waals surface area contributed by atoms with Gasteiger partial charge in [0.15, 0.2) is 0 Å². The maximum absolute atomic E-state index is 4.50. The maximum atomic E-state index is 4.50. The summed E-state index contributed by atoms with van der Waals surface area (Å²) >= 11 is 0. The van der Waals surface area contributed by atoms with Crippen LogP contribution in [0.3, 0.4) is 0 Å². The van der Waals surface area contributed by atoms with Crippen LogP contribution >= 0.6 is 0 Å². The van der Waals surface area contributed by atoms with Crippen LogP contribution in [0.25, 0.3) is 11.0 Å². The lowest BCUT2D eigenvalue weighted by molar-refractivity contribution is 0.591. The van der Waals surface area contributed by atoms with Crippen molar-refractivity contribution in [3.8, 4) is 0 Å². The number of hydrogen-bond acceptors (Lipinski definition) is 1. The predicted octanol–water partition coefficient (Wildman–Crippen LogP) is 6.26. The molecule has 120 valence electrons. The van der Waals surface area contributed by atoms with Crippen molar-refractivity contribution in [2.45, 2.75) is 80.1 Å². The van der Waals surface area contributed by atoms with Crippen LogP contribution in [0.15, 0.2) is 18.2 Å². The molecule has 0 atom stereocenters. The second kappa shape index (κ2) is 9.59. The second-order valence-electron chi connectivity index (χ2n) is 6.43. The van der Waals surface area contributed by atoms with Gasteiger partial charge in [0, 0.05) is 6.42 Å². The summed E-state index contributed by atoms with van der Waals surface area (Å²) in [5, 5.41) is 0. The predicted molar refractivity (Wildman–Crippen MR) is 96.1 cm³/mol. The first kappa shape index (κ1) is 19.7. The van der Waals surface area contributed by atoms with Crippen LogP contribution in [0, 0.1) is 0 Å². The Kier molecular flexibility index (Phi) is 9.00. The zero-order valence-corrected chi connectivity index (χ0v) is 15.3. The third-order valence-electron chi connectivity index (χ3n) is 2.73. The summed E-state index contributed by atoms with van der Waals surface area (Å²) in [6, 6.07) is 6.48. The van der Waals surface area contributed by atoms with E-state index in [1.54, 1.807) is 0 Å². The molecule has 0 spiro atoms.